The van der Waals surface area contributed by atoms with Gasteiger partial charge in [-0.15, -0.1) is 0 Å². The Labute approximate surface area is 160 Å². The molecule has 0 fully saturated rings. The largest absolute Gasteiger partial charge is 0.454 e. The molecule has 7 nitrogen and oxygen atoms in total. The van der Waals surface area contributed by atoms with Crippen LogP contribution < -0.4 is 20.1 Å². The maximum atomic E-state index is 12.5. The molecule has 2 aromatic carbocycles. The van der Waals surface area contributed by atoms with Gasteiger partial charge in [0.05, 0.1) is 0 Å². The summed E-state index contributed by atoms with van der Waals surface area (Å²) in [7, 11) is 0. The maximum absolute atomic E-state index is 12.5. The molecule has 136 valence electrons. The zero-order chi connectivity index (χ0) is 18.6. The highest BCUT2D eigenvalue weighted by atomic mass is 35.5. The van der Waals surface area contributed by atoms with Crippen molar-refractivity contribution < 1.29 is 14.3 Å². The van der Waals surface area contributed by atoms with Crippen molar-refractivity contribution in [1.82, 2.24) is 9.97 Å². The van der Waals surface area contributed by atoms with Crippen LogP contribution in [0, 0.1) is 0 Å². The van der Waals surface area contributed by atoms with Crippen LogP contribution in [0.15, 0.2) is 54.7 Å². The first-order valence-electron chi connectivity index (χ1n) is 8.20. The van der Waals surface area contributed by atoms with E-state index in [2.05, 4.69) is 20.6 Å². The summed E-state index contributed by atoms with van der Waals surface area (Å²) >= 11 is 6.14. The van der Waals surface area contributed by atoms with Crippen LogP contribution in [0.25, 0.3) is 0 Å². The minimum atomic E-state index is -0.350. The van der Waals surface area contributed by atoms with Gasteiger partial charge in [-0.3, -0.25) is 4.79 Å². The summed E-state index contributed by atoms with van der Waals surface area (Å²) in [5.74, 6) is 1.24. The van der Waals surface area contributed by atoms with E-state index in [9.17, 15) is 4.79 Å². The van der Waals surface area contributed by atoms with Gasteiger partial charge in [-0.25, -0.2) is 9.97 Å². The number of amides is 1. The molecule has 0 atom stereocenters. The van der Waals surface area contributed by atoms with Crippen LogP contribution >= 0.6 is 11.6 Å². The third kappa shape index (κ3) is 3.93. The fourth-order valence-electron chi connectivity index (χ4n) is 2.56. The molecule has 4 rings (SSSR count). The number of nitrogens with zero attached hydrogens (tertiary/aromatic N) is 2. The molecule has 2 N–H and O–H groups in total. The van der Waals surface area contributed by atoms with Gasteiger partial charge in [0.1, 0.15) is 5.69 Å². The van der Waals surface area contributed by atoms with E-state index in [1.54, 1.807) is 24.3 Å². The molecule has 27 heavy (non-hydrogen) atoms. The maximum Gasteiger partial charge on any atom is 0.274 e. The fourth-order valence-corrected chi connectivity index (χ4v) is 2.76. The Morgan fingerprint density at radius 1 is 1.11 bits per heavy atom. The molecule has 2 heterocycles. The number of hydrogen-bond donors (Lipinski definition) is 2. The number of aromatic nitrogens is 2. The van der Waals surface area contributed by atoms with Crippen LogP contribution in [-0.4, -0.2) is 22.7 Å². The van der Waals surface area contributed by atoms with Crippen molar-refractivity contribution in [3.8, 4) is 11.5 Å². The van der Waals surface area contributed by atoms with E-state index in [-0.39, 0.29) is 18.4 Å². The molecule has 1 aliphatic heterocycles. The number of nitrogens with one attached hydrogen (secondary N) is 2. The van der Waals surface area contributed by atoms with E-state index in [1.807, 2.05) is 24.3 Å². The van der Waals surface area contributed by atoms with Crippen LogP contribution in [0.5, 0.6) is 11.5 Å². The molecule has 1 aromatic heterocycles. The van der Waals surface area contributed by atoms with Crippen molar-refractivity contribution in [2.45, 2.75) is 6.54 Å². The van der Waals surface area contributed by atoms with Gasteiger partial charge >= 0.3 is 0 Å². The number of carbonyl (C=O) groups excluding carboxylic acids is 1. The molecule has 0 bridgehead atoms. The lowest BCUT2D eigenvalue weighted by Crippen LogP contribution is -2.15. The third-order valence-electron chi connectivity index (χ3n) is 3.91. The van der Waals surface area contributed by atoms with Gasteiger partial charge in [0.2, 0.25) is 12.7 Å². The Balaban J connectivity index is 1.44. The van der Waals surface area contributed by atoms with Gasteiger partial charge in [-0.2, -0.15) is 0 Å². The smallest absolute Gasteiger partial charge is 0.274 e. The highest BCUT2D eigenvalue weighted by Gasteiger charge is 2.15. The molecule has 8 heteroatoms. The first-order chi connectivity index (χ1) is 13.2. The predicted molar refractivity (Wildman–Crippen MR) is 101 cm³/mol. The molecule has 1 amide bonds. The Bertz CT molecular complexity index is 996. The Hall–Kier alpha value is -3.32. The zero-order valence-electron chi connectivity index (χ0n) is 14.1. The summed E-state index contributed by atoms with van der Waals surface area (Å²) in [6, 6.07) is 14.2. The van der Waals surface area contributed by atoms with Crippen LogP contribution in [0.2, 0.25) is 5.02 Å². The summed E-state index contributed by atoms with van der Waals surface area (Å²) in [6.07, 6.45) is 1.52. The molecule has 1 aliphatic rings. The predicted octanol–water partition coefficient (Wildman–Crippen LogP) is 3.72. The van der Waals surface area contributed by atoms with E-state index in [0.29, 0.717) is 34.7 Å². The quantitative estimate of drug-likeness (QED) is 0.699. The van der Waals surface area contributed by atoms with Gasteiger partial charge < -0.3 is 20.1 Å². The highest BCUT2D eigenvalue weighted by Crippen LogP contribution is 2.34. The SMILES string of the molecule is O=C(Nc1ccc2c(c1)OCO2)c1ccnc(NCc2ccccc2Cl)n1. The van der Waals surface area contributed by atoms with Crippen LogP contribution in [0.3, 0.4) is 0 Å². The Morgan fingerprint density at radius 3 is 2.85 bits per heavy atom. The fraction of sp³-hybridized carbons (Fsp3) is 0.105. The van der Waals surface area contributed by atoms with Crippen LogP contribution in [0.4, 0.5) is 11.6 Å². The topological polar surface area (TPSA) is 85.4 Å². The summed E-state index contributed by atoms with van der Waals surface area (Å²) in [5.41, 5.74) is 1.75. The van der Waals surface area contributed by atoms with Gasteiger partial charge in [0.25, 0.3) is 5.91 Å². The van der Waals surface area contributed by atoms with Crippen molar-refractivity contribution in [3.63, 3.8) is 0 Å². The standard InChI is InChI=1S/C19H15ClN4O3/c20-14-4-2-1-3-12(14)10-22-19-21-8-7-15(24-19)18(25)23-13-5-6-16-17(9-13)27-11-26-16/h1-9H,10-11H2,(H,23,25)(H,21,22,24). The van der Waals surface area contributed by atoms with E-state index in [1.165, 1.54) is 6.20 Å². The molecular weight excluding hydrogens is 368 g/mol. The van der Waals surface area contributed by atoms with Crippen LogP contribution in [-0.2, 0) is 6.54 Å². The molecule has 0 saturated heterocycles. The summed E-state index contributed by atoms with van der Waals surface area (Å²) in [5, 5.41) is 6.51. The van der Waals surface area contributed by atoms with E-state index in [0.717, 1.165) is 5.56 Å². The van der Waals surface area contributed by atoms with Gasteiger partial charge in [0.15, 0.2) is 11.5 Å². The first kappa shape index (κ1) is 17.1. The van der Waals surface area contributed by atoms with E-state index >= 15 is 0 Å². The summed E-state index contributed by atoms with van der Waals surface area (Å²) < 4.78 is 10.6. The number of fused-ring (bicyclic) bond motifs is 1. The number of halogens is 1. The molecule has 3 aromatic rings. The Morgan fingerprint density at radius 2 is 1.96 bits per heavy atom. The second-order valence-electron chi connectivity index (χ2n) is 5.73. The minimum Gasteiger partial charge on any atom is -0.454 e. The molecular formula is C19H15ClN4O3. The lowest BCUT2D eigenvalue weighted by molar-refractivity contribution is 0.102. The minimum absolute atomic E-state index is 0.180. The number of hydrogen-bond acceptors (Lipinski definition) is 6. The van der Waals surface area contributed by atoms with Gasteiger partial charge in [0, 0.05) is 29.5 Å². The van der Waals surface area contributed by atoms with Crippen molar-refractivity contribution in [3.05, 3.63) is 71.0 Å². The molecule has 0 saturated carbocycles. The number of carbonyl (C=O) groups is 1. The summed E-state index contributed by atoms with van der Waals surface area (Å²) in [6.45, 7) is 0.631. The van der Waals surface area contributed by atoms with E-state index < -0.39 is 0 Å². The number of benzene rings is 2. The van der Waals surface area contributed by atoms with Gasteiger partial charge in [-0.05, 0) is 29.8 Å². The third-order valence-corrected chi connectivity index (χ3v) is 4.28. The molecule has 0 radical (unpaired) electrons. The molecule has 0 aliphatic carbocycles. The van der Waals surface area contributed by atoms with Crippen LogP contribution in [0.1, 0.15) is 16.1 Å². The second kappa shape index (κ2) is 7.51. The average molecular weight is 383 g/mol. The number of anilines is 2. The first-order valence-corrected chi connectivity index (χ1v) is 8.58. The van der Waals surface area contributed by atoms with Gasteiger partial charge in [-0.1, -0.05) is 29.8 Å². The lowest BCUT2D eigenvalue weighted by atomic mass is 10.2. The van der Waals surface area contributed by atoms with Crippen molar-refractivity contribution in [2.24, 2.45) is 0 Å². The highest BCUT2D eigenvalue weighted by molar-refractivity contribution is 6.31. The normalized spacial score (nSPS) is 11.9. The number of ether oxygens (including phenoxy) is 2. The van der Waals surface area contributed by atoms with E-state index in [4.69, 9.17) is 21.1 Å². The number of rotatable bonds is 5. The van der Waals surface area contributed by atoms with Crippen molar-refractivity contribution in [2.75, 3.05) is 17.4 Å². The summed E-state index contributed by atoms with van der Waals surface area (Å²) in [4.78, 5) is 20.9. The lowest BCUT2D eigenvalue weighted by Gasteiger charge is -2.09. The zero-order valence-corrected chi connectivity index (χ0v) is 14.9. The molecule has 0 unspecified atom stereocenters. The second-order valence-corrected chi connectivity index (χ2v) is 6.14. The Kier molecular flexibility index (Phi) is 4.76. The monoisotopic (exact) mass is 382 g/mol. The molecule has 0 spiro atoms. The van der Waals surface area contributed by atoms with Crippen molar-refractivity contribution >= 4 is 29.1 Å². The average Bonchev–Trinajstić information content (AvgIpc) is 3.15. The van der Waals surface area contributed by atoms with Crippen molar-refractivity contribution in [1.29, 1.82) is 0 Å².